The molecule has 0 bridgehead atoms. The average molecular weight is 330 g/mol. The van der Waals surface area contributed by atoms with Gasteiger partial charge in [-0.1, -0.05) is 34.1 Å². The van der Waals surface area contributed by atoms with E-state index in [-0.39, 0.29) is 0 Å². The summed E-state index contributed by atoms with van der Waals surface area (Å²) in [7, 11) is 0. The molecule has 0 spiro atoms. The van der Waals surface area contributed by atoms with Crippen molar-refractivity contribution in [3.63, 3.8) is 0 Å². The molecule has 104 valence electrons. The number of hydrogen-bond donors (Lipinski definition) is 0. The zero-order valence-corrected chi connectivity index (χ0v) is 13.7. The van der Waals surface area contributed by atoms with Crippen molar-refractivity contribution in [2.24, 2.45) is 0 Å². The average Bonchev–Trinajstić information content (AvgIpc) is 2.88. The van der Waals surface area contributed by atoms with Crippen LogP contribution in [0, 0.1) is 13.8 Å². The second-order valence-corrected chi connectivity index (χ2v) is 6.74. The molecule has 0 aliphatic carbocycles. The predicted octanol–water partition coefficient (Wildman–Crippen LogP) is 5.06. The van der Waals surface area contributed by atoms with Crippen LogP contribution in [0.25, 0.3) is 0 Å². The van der Waals surface area contributed by atoms with Crippen molar-refractivity contribution >= 4 is 21.6 Å². The van der Waals surface area contributed by atoms with Crippen LogP contribution in [-0.4, -0.2) is 13.1 Å². The van der Waals surface area contributed by atoms with Crippen molar-refractivity contribution in [1.29, 1.82) is 0 Å². The molecule has 1 nitrogen and oxygen atoms in total. The lowest BCUT2D eigenvalue weighted by atomic mass is 9.99. The minimum absolute atomic E-state index is 0.656. The summed E-state index contributed by atoms with van der Waals surface area (Å²) in [6.45, 7) is 6.64. The first-order chi connectivity index (χ1) is 9.61. The van der Waals surface area contributed by atoms with Crippen LogP contribution in [0.4, 0.5) is 5.69 Å². The summed E-state index contributed by atoms with van der Waals surface area (Å²) in [4.78, 5) is 2.52. The van der Waals surface area contributed by atoms with Gasteiger partial charge in [-0.2, -0.15) is 0 Å². The number of nitrogens with zero attached hydrogens (tertiary/aromatic N) is 1. The third-order valence-corrected chi connectivity index (χ3v) is 4.63. The third-order valence-electron chi connectivity index (χ3n) is 4.10. The van der Waals surface area contributed by atoms with Crippen LogP contribution in [0.5, 0.6) is 0 Å². The van der Waals surface area contributed by atoms with E-state index in [1.165, 1.54) is 28.8 Å². The van der Waals surface area contributed by atoms with Crippen LogP contribution >= 0.6 is 15.9 Å². The summed E-state index contributed by atoms with van der Waals surface area (Å²) in [6.07, 6.45) is 1.24. The van der Waals surface area contributed by atoms with E-state index >= 15 is 0 Å². The zero-order valence-electron chi connectivity index (χ0n) is 12.1. The van der Waals surface area contributed by atoms with Crippen molar-refractivity contribution in [1.82, 2.24) is 0 Å². The quantitative estimate of drug-likeness (QED) is 0.744. The first-order valence-corrected chi connectivity index (χ1v) is 8.00. The van der Waals surface area contributed by atoms with Crippen LogP contribution in [0.2, 0.25) is 0 Å². The van der Waals surface area contributed by atoms with Crippen molar-refractivity contribution in [2.45, 2.75) is 26.2 Å². The molecule has 1 atom stereocenters. The molecule has 1 unspecified atom stereocenters. The molecule has 0 aromatic heterocycles. The van der Waals surface area contributed by atoms with Gasteiger partial charge in [0.1, 0.15) is 0 Å². The summed E-state index contributed by atoms with van der Waals surface area (Å²) < 4.78 is 1.16. The molecule has 2 aromatic carbocycles. The molecule has 2 heteroatoms. The highest BCUT2D eigenvalue weighted by atomic mass is 79.9. The van der Waals surface area contributed by atoms with E-state index < -0.39 is 0 Å². The highest BCUT2D eigenvalue weighted by Gasteiger charge is 2.24. The Balaban J connectivity index is 1.77. The zero-order chi connectivity index (χ0) is 14.1. The summed E-state index contributed by atoms with van der Waals surface area (Å²) in [5.41, 5.74) is 5.54. The Kier molecular flexibility index (Phi) is 3.84. The molecular weight excluding hydrogens is 310 g/mol. The van der Waals surface area contributed by atoms with Crippen LogP contribution in [-0.2, 0) is 0 Å². The molecule has 0 saturated carbocycles. The van der Waals surface area contributed by atoms with Gasteiger partial charge >= 0.3 is 0 Å². The van der Waals surface area contributed by atoms with Gasteiger partial charge in [-0.25, -0.2) is 0 Å². The van der Waals surface area contributed by atoms with Gasteiger partial charge in [-0.05, 0) is 61.2 Å². The Labute approximate surface area is 129 Å². The maximum absolute atomic E-state index is 3.51. The molecule has 2 aromatic rings. The maximum Gasteiger partial charge on any atom is 0.0371 e. The lowest BCUT2D eigenvalue weighted by Crippen LogP contribution is -2.19. The van der Waals surface area contributed by atoms with Gasteiger partial charge in [-0.15, -0.1) is 0 Å². The van der Waals surface area contributed by atoms with Crippen LogP contribution in [0.3, 0.4) is 0 Å². The number of rotatable bonds is 2. The summed E-state index contributed by atoms with van der Waals surface area (Å²) in [6, 6.07) is 15.6. The molecule has 20 heavy (non-hydrogen) atoms. The summed E-state index contributed by atoms with van der Waals surface area (Å²) in [5.74, 6) is 0.656. The number of halogens is 1. The second-order valence-electron chi connectivity index (χ2n) is 5.83. The molecule has 1 saturated heterocycles. The molecule has 0 amide bonds. The topological polar surface area (TPSA) is 3.24 Å². The standard InChI is InChI=1S/C18H20BrN/c1-13-9-14(2)11-18(10-13)20-8-7-16(12-20)15-3-5-17(19)6-4-15/h3-6,9-11,16H,7-8,12H2,1-2H3. The predicted molar refractivity (Wildman–Crippen MR) is 89.6 cm³/mol. The van der Waals surface area contributed by atoms with Crippen molar-refractivity contribution in [3.05, 3.63) is 63.6 Å². The fourth-order valence-corrected chi connectivity index (χ4v) is 3.40. The Bertz CT molecular complexity index is 583. The van der Waals surface area contributed by atoms with Crippen molar-refractivity contribution in [3.8, 4) is 0 Å². The molecule has 0 radical (unpaired) electrons. The van der Waals surface area contributed by atoms with Gasteiger partial charge < -0.3 is 4.90 Å². The van der Waals surface area contributed by atoms with E-state index in [9.17, 15) is 0 Å². The van der Waals surface area contributed by atoms with Gasteiger partial charge in [0.2, 0.25) is 0 Å². The fraction of sp³-hybridized carbons (Fsp3) is 0.333. The molecule has 1 aliphatic rings. The first kappa shape index (κ1) is 13.7. The van der Waals surface area contributed by atoms with Gasteiger partial charge in [0.05, 0.1) is 0 Å². The summed E-state index contributed by atoms with van der Waals surface area (Å²) >= 11 is 3.51. The van der Waals surface area contributed by atoms with Gasteiger partial charge in [0.25, 0.3) is 0 Å². The second kappa shape index (κ2) is 5.61. The Morgan fingerprint density at radius 3 is 2.30 bits per heavy atom. The van der Waals surface area contributed by atoms with Gasteiger partial charge in [-0.3, -0.25) is 0 Å². The van der Waals surface area contributed by atoms with E-state index in [0.29, 0.717) is 5.92 Å². The molecule has 1 fully saturated rings. The van der Waals surface area contributed by atoms with Crippen LogP contribution in [0.15, 0.2) is 46.9 Å². The van der Waals surface area contributed by atoms with Crippen molar-refractivity contribution < 1.29 is 0 Å². The van der Waals surface area contributed by atoms with E-state index in [1.807, 2.05) is 0 Å². The van der Waals surface area contributed by atoms with Crippen molar-refractivity contribution in [2.75, 3.05) is 18.0 Å². The van der Waals surface area contributed by atoms with E-state index in [4.69, 9.17) is 0 Å². The lowest BCUT2D eigenvalue weighted by Gasteiger charge is -2.20. The Morgan fingerprint density at radius 2 is 1.65 bits per heavy atom. The first-order valence-electron chi connectivity index (χ1n) is 7.20. The SMILES string of the molecule is Cc1cc(C)cc(N2CCC(c3ccc(Br)cc3)C2)c1. The maximum atomic E-state index is 3.51. The minimum Gasteiger partial charge on any atom is -0.371 e. The molecule has 0 N–H and O–H groups in total. The van der Waals surface area contributed by atoms with E-state index in [1.54, 1.807) is 0 Å². The Hall–Kier alpha value is -1.28. The van der Waals surface area contributed by atoms with E-state index in [2.05, 4.69) is 77.1 Å². The molecular formula is C18H20BrN. The van der Waals surface area contributed by atoms with Gasteiger partial charge in [0, 0.05) is 29.2 Å². The number of hydrogen-bond acceptors (Lipinski definition) is 1. The largest absolute Gasteiger partial charge is 0.371 e. The van der Waals surface area contributed by atoms with Gasteiger partial charge in [0.15, 0.2) is 0 Å². The van der Waals surface area contributed by atoms with Crippen LogP contribution < -0.4 is 4.90 Å². The number of anilines is 1. The molecule has 3 rings (SSSR count). The monoisotopic (exact) mass is 329 g/mol. The number of benzene rings is 2. The third kappa shape index (κ3) is 2.90. The fourth-order valence-electron chi connectivity index (χ4n) is 3.14. The number of aryl methyl sites for hydroxylation is 2. The minimum atomic E-state index is 0.656. The molecule has 1 heterocycles. The molecule has 1 aliphatic heterocycles. The van der Waals surface area contributed by atoms with E-state index in [0.717, 1.165) is 17.6 Å². The van der Waals surface area contributed by atoms with Crippen LogP contribution in [0.1, 0.15) is 29.0 Å². The normalized spacial score (nSPS) is 18.6. The lowest BCUT2D eigenvalue weighted by molar-refractivity contribution is 0.775. The highest BCUT2D eigenvalue weighted by molar-refractivity contribution is 9.10. The highest BCUT2D eigenvalue weighted by Crippen LogP contribution is 2.32. The Morgan fingerprint density at radius 1 is 1.00 bits per heavy atom. The smallest absolute Gasteiger partial charge is 0.0371 e. The summed E-state index contributed by atoms with van der Waals surface area (Å²) in [5, 5.41) is 0.